The van der Waals surface area contributed by atoms with Crippen molar-refractivity contribution in [1.29, 1.82) is 0 Å². The van der Waals surface area contributed by atoms with Crippen LogP contribution < -0.4 is 20.5 Å². The first-order valence-corrected chi connectivity index (χ1v) is 9.65. The molecule has 7 heteroatoms. The summed E-state index contributed by atoms with van der Waals surface area (Å²) in [5.74, 6) is 3.01. The van der Waals surface area contributed by atoms with Gasteiger partial charge in [-0.25, -0.2) is 4.39 Å². The maximum absolute atomic E-state index is 13.5. The topological polar surface area (TPSA) is 68.9 Å². The number of hydrogen-bond donors (Lipinski definition) is 2. The van der Waals surface area contributed by atoms with E-state index in [0.29, 0.717) is 42.8 Å². The van der Waals surface area contributed by atoms with Gasteiger partial charge in [0.05, 0.1) is 19.8 Å². The van der Waals surface area contributed by atoms with Crippen LogP contribution in [0.5, 0.6) is 11.5 Å². The first kappa shape index (κ1) is 18.4. The van der Waals surface area contributed by atoms with Gasteiger partial charge in [0.25, 0.3) is 0 Å². The van der Waals surface area contributed by atoms with Gasteiger partial charge in [-0.05, 0) is 23.8 Å². The molecule has 26 heavy (non-hydrogen) atoms. The number of hydrogen-bond acceptors (Lipinski definition) is 4. The molecule has 0 radical (unpaired) electrons. The van der Waals surface area contributed by atoms with E-state index in [1.807, 2.05) is 24.3 Å². The molecular weight excluding hydrogens is 353 g/mol. The van der Waals surface area contributed by atoms with E-state index < -0.39 is 0 Å². The minimum absolute atomic E-state index is 0.168. The Morgan fingerprint density at radius 2 is 1.96 bits per heavy atom. The number of thioether (sulfide) groups is 1. The predicted molar refractivity (Wildman–Crippen MR) is 105 cm³/mol. The lowest BCUT2D eigenvalue weighted by Crippen LogP contribution is -2.23. The van der Waals surface area contributed by atoms with Crippen molar-refractivity contribution in [2.45, 2.75) is 12.2 Å². The molecule has 2 aromatic rings. The minimum atomic E-state index is -0.168. The average Bonchev–Trinajstić information content (AvgIpc) is 2.88. The lowest BCUT2D eigenvalue weighted by Gasteiger charge is -2.10. The van der Waals surface area contributed by atoms with Crippen molar-refractivity contribution >= 4 is 23.4 Å². The van der Waals surface area contributed by atoms with Crippen molar-refractivity contribution in [3.05, 3.63) is 53.8 Å². The maximum atomic E-state index is 13.5. The van der Waals surface area contributed by atoms with E-state index >= 15 is 0 Å². The molecule has 3 N–H and O–H groups in total. The first-order chi connectivity index (χ1) is 12.7. The third-order valence-corrected chi connectivity index (χ3v) is 4.74. The van der Waals surface area contributed by atoms with Gasteiger partial charge >= 0.3 is 0 Å². The van der Waals surface area contributed by atoms with Crippen molar-refractivity contribution < 1.29 is 13.9 Å². The quantitative estimate of drug-likeness (QED) is 0.458. The van der Waals surface area contributed by atoms with E-state index in [0.717, 1.165) is 23.6 Å². The fraction of sp³-hybridized carbons (Fsp3) is 0.316. The van der Waals surface area contributed by atoms with E-state index in [1.165, 1.54) is 6.07 Å². The summed E-state index contributed by atoms with van der Waals surface area (Å²) in [5, 5.41) is 3.05. The third-order valence-electron chi connectivity index (χ3n) is 3.75. The summed E-state index contributed by atoms with van der Waals surface area (Å²) in [5.41, 5.74) is 7.44. The second kappa shape index (κ2) is 9.33. The number of benzene rings is 2. The summed E-state index contributed by atoms with van der Waals surface area (Å²) < 4.78 is 24.8. The molecule has 0 unspecified atom stereocenters. The molecule has 0 spiro atoms. The van der Waals surface area contributed by atoms with Crippen LogP contribution in [0.25, 0.3) is 0 Å². The van der Waals surface area contributed by atoms with Crippen molar-refractivity contribution in [3.63, 3.8) is 0 Å². The Kier molecular flexibility index (Phi) is 6.60. The molecule has 0 saturated carbocycles. The van der Waals surface area contributed by atoms with Crippen LogP contribution in [-0.2, 0) is 5.75 Å². The maximum Gasteiger partial charge on any atom is 0.193 e. The number of nitrogens with one attached hydrogen (secondary N) is 1. The lowest BCUT2D eigenvalue weighted by atomic mass is 10.2. The molecule has 0 aliphatic carbocycles. The van der Waals surface area contributed by atoms with Gasteiger partial charge in [0.1, 0.15) is 5.82 Å². The zero-order chi connectivity index (χ0) is 18.2. The first-order valence-electron chi connectivity index (χ1n) is 8.50. The number of nitrogens with zero attached hydrogens (tertiary/aromatic N) is 1. The molecule has 0 saturated heterocycles. The van der Waals surface area contributed by atoms with E-state index in [-0.39, 0.29) is 5.82 Å². The molecule has 138 valence electrons. The van der Waals surface area contributed by atoms with Crippen molar-refractivity contribution in [2.75, 3.05) is 30.8 Å². The summed E-state index contributed by atoms with van der Waals surface area (Å²) in [6, 6.07) is 12.4. The molecule has 0 amide bonds. The van der Waals surface area contributed by atoms with Gasteiger partial charge in [0.2, 0.25) is 0 Å². The van der Waals surface area contributed by atoms with E-state index in [2.05, 4.69) is 10.3 Å². The standard InChI is InChI=1S/C19H22FN3O2S/c20-16-5-2-1-4-14(16)13-26-11-8-22-19(21)23-15-6-7-17-18(12-15)25-10-3-9-24-17/h1-2,4-7,12H,3,8-11,13H2,(H3,21,22,23). The minimum Gasteiger partial charge on any atom is -0.490 e. The van der Waals surface area contributed by atoms with Crippen LogP contribution in [0.1, 0.15) is 12.0 Å². The molecule has 1 aliphatic rings. The highest BCUT2D eigenvalue weighted by molar-refractivity contribution is 7.98. The Labute approximate surface area is 156 Å². The van der Waals surface area contributed by atoms with Crippen LogP contribution in [0.15, 0.2) is 47.5 Å². The van der Waals surface area contributed by atoms with Gasteiger partial charge in [0, 0.05) is 29.7 Å². The summed E-state index contributed by atoms with van der Waals surface area (Å²) in [7, 11) is 0. The van der Waals surface area contributed by atoms with E-state index in [1.54, 1.807) is 23.9 Å². The van der Waals surface area contributed by atoms with Gasteiger partial charge < -0.3 is 20.5 Å². The van der Waals surface area contributed by atoms with Crippen LogP contribution in [0.2, 0.25) is 0 Å². The molecule has 3 rings (SSSR count). The SMILES string of the molecule is NC(=NCCSCc1ccccc1F)Nc1ccc2c(c1)OCCCO2. The molecule has 0 aromatic heterocycles. The van der Waals surface area contributed by atoms with Gasteiger partial charge in [-0.2, -0.15) is 11.8 Å². The molecule has 5 nitrogen and oxygen atoms in total. The molecular formula is C19H22FN3O2S. The molecule has 1 heterocycles. The Morgan fingerprint density at radius 3 is 2.81 bits per heavy atom. The van der Waals surface area contributed by atoms with Crippen LogP contribution in [0.4, 0.5) is 10.1 Å². The summed E-state index contributed by atoms with van der Waals surface area (Å²) in [4.78, 5) is 4.30. The monoisotopic (exact) mass is 375 g/mol. The number of ether oxygens (including phenoxy) is 2. The molecule has 1 aliphatic heterocycles. The fourth-order valence-electron chi connectivity index (χ4n) is 2.46. The largest absolute Gasteiger partial charge is 0.490 e. The van der Waals surface area contributed by atoms with Crippen LogP contribution in [0.3, 0.4) is 0 Å². The van der Waals surface area contributed by atoms with E-state index in [4.69, 9.17) is 15.2 Å². The lowest BCUT2D eigenvalue weighted by molar-refractivity contribution is 0.297. The van der Waals surface area contributed by atoms with Crippen LogP contribution in [0, 0.1) is 5.82 Å². The number of aliphatic imine (C=N–C) groups is 1. The molecule has 2 aromatic carbocycles. The number of rotatable bonds is 6. The van der Waals surface area contributed by atoms with Crippen LogP contribution >= 0.6 is 11.8 Å². The van der Waals surface area contributed by atoms with E-state index in [9.17, 15) is 4.39 Å². The molecule has 0 bridgehead atoms. The number of anilines is 1. The highest BCUT2D eigenvalue weighted by atomic mass is 32.2. The zero-order valence-electron chi connectivity index (χ0n) is 14.4. The number of guanidine groups is 1. The Balaban J connectivity index is 1.45. The summed E-state index contributed by atoms with van der Waals surface area (Å²) in [6.45, 7) is 1.86. The van der Waals surface area contributed by atoms with Gasteiger partial charge in [0.15, 0.2) is 17.5 Å². The smallest absolute Gasteiger partial charge is 0.193 e. The second-order valence-electron chi connectivity index (χ2n) is 5.75. The Hall–Kier alpha value is -2.41. The number of nitrogens with two attached hydrogens (primary N) is 1. The number of halogens is 1. The Bertz CT molecular complexity index is 770. The highest BCUT2D eigenvalue weighted by Gasteiger charge is 2.10. The van der Waals surface area contributed by atoms with Gasteiger partial charge in [-0.3, -0.25) is 4.99 Å². The number of fused-ring (bicyclic) bond motifs is 1. The fourth-order valence-corrected chi connectivity index (χ4v) is 3.28. The molecule has 0 atom stereocenters. The van der Waals surface area contributed by atoms with Crippen molar-refractivity contribution in [1.82, 2.24) is 0 Å². The second-order valence-corrected chi connectivity index (χ2v) is 6.85. The van der Waals surface area contributed by atoms with Gasteiger partial charge in [-0.1, -0.05) is 18.2 Å². The average molecular weight is 375 g/mol. The summed E-state index contributed by atoms with van der Waals surface area (Å²) >= 11 is 1.62. The van der Waals surface area contributed by atoms with Crippen molar-refractivity contribution in [2.24, 2.45) is 10.7 Å². The Morgan fingerprint density at radius 1 is 1.15 bits per heavy atom. The van der Waals surface area contributed by atoms with Crippen molar-refractivity contribution in [3.8, 4) is 11.5 Å². The predicted octanol–water partition coefficient (Wildman–Crippen LogP) is 3.65. The zero-order valence-corrected chi connectivity index (χ0v) is 15.2. The molecule has 0 fully saturated rings. The normalized spacial score (nSPS) is 14.0. The summed E-state index contributed by atoms with van der Waals surface area (Å²) in [6.07, 6.45) is 0.867. The highest BCUT2D eigenvalue weighted by Crippen LogP contribution is 2.32. The van der Waals surface area contributed by atoms with Gasteiger partial charge in [-0.15, -0.1) is 0 Å². The third kappa shape index (κ3) is 5.29. The van der Waals surface area contributed by atoms with Crippen LogP contribution in [-0.4, -0.2) is 31.5 Å².